The minimum atomic E-state index is -3.05. The molecule has 2 atom stereocenters. The quantitative estimate of drug-likeness (QED) is 0.508. The Bertz CT molecular complexity index is 1440. The van der Waals surface area contributed by atoms with Crippen molar-refractivity contribution in [2.75, 3.05) is 13.7 Å². The van der Waals surface area contributed by atoms with E-state index in [1.165, 1.54) is 7.11 Å². The Morgan fingerprint density at radius 2 is 1.79 bits per heavy atom. The van der Waals surface area contributed by atoms with Gasteiger partial charge in [0.25, 0.3) is 5.92 Å². The number of aliphatic imine (C=N–C) groups is 1. The molecule has 2 fully saturated rings. The number of rotatable bonds is 5. The van der Waals surface area contributed by atoms with E-state index in [1.807, 2.05) is 37.8 Å². The molecule has 6 rings (SSSR count). The maximum absolute atomic E-state index is 15.5. The first-order valence-electron chi connectivity index (χ1n) is 13.6. The Kier molecular flexibility index (Phi) is 5.93. The Labute approximate surface area is 227 Å². The van der Waals surface area contributed by atoms with Crippen LogP contribution in [0.25, 0.3) is 16.7 Å². The van der Waals surface area contributed by atoms with Crippen LogP contribution in [0.4, 0.5) is 13.6 Å². The van der Waals surface area contributed by atoms with Crippen molar-refractivity contribution in [2.45, 2.75) is 64.5 Å². The lowest BCUT2D eigenvalue weighted by Crippen LogP contribution is -2.53. The Morgan fingerprint density at radius 3 is 2.46 bits per heavy atom. The highest BCUT2D eigenvalue weighted by molar-refractivity contribution is 6.04. The van der Waals surface area contributed by atoms with Gasteiger partial charge in [-0.2, -0.15) is 8.78 Å². The largest absolute Gasteiger partial charge is 0.453 e. The van der Waals surface area contributed by atoms with Crippen molar-refractivity contribution in [3.63, 3.8) is 0 Å². The summed E-state index contributed by atoms with van der Waals surface area (Å²) in [5.41, 5.74) is 4.61. The number of nitrogens with one attached hydrogen (secondary N) is 1. The van der Waals surface area contributed by atoms with Crippen LogP contribution in [0.1, 0.15) is 61.8 Å². The molecule has 2 aliphatic carbocycles. The van der Waals surface area contributed by atoms with E-state index in [1.54, 1.807) is 30.5 Å². The number of fused-ring (bicyclic) bond motifs is 3. The number of carbonyl (C=O) groups excluding carboxylic acids is 2. The number of alkyl halides is 2. The van der Waals surface area contributed by atoms with Crippen molar-refractivity contribution in [1.29, 1.82) is 0 Å². The van der Waals surface area contributed by atoms with Gasteiger partial charge in [0.05, 0.1) is 13.2 Å². The number of halogens is 2. The average molecular weight is 534 g/mol. The van der Waals surface area contributed by atoms with E-state index in [4.69, 9.17) is 9.73 Å². The van der Waals surface area contributed by atoms with Crippen LogP contribution < -0.4 is 5.32 Å². The SMILES string of the molecule is COC(=O)N[C@H](C(=O)N1CC2(CC2)CC1C1=NC=C(c2ccc3c(c2)C(F)(F)c2cc(C)ccc2-3)C1)C(C)C. The van der Waals surface area contributed by atoms with E-state index < -0.39 is 18.1 Å². The molecule has 8 heteroatoms. The monoisotopic (exact) mass is 533 g/mol. The van der Waals surface area contributed by atoms with Crippen LogP contribution in [0, 0.1) is 18.3 Å². The zero-order valence-corrected chi connectivity index (χ0v) is 22.7. The lowest BCUT2D eigenvalue weighted by atomic mass is 9.93. The van der Waals surface area contributed by atoms with E-state index in [2.05, 4.69) is 5.32 Å². The molecule has 6 nitrogen and oxygen atoms in total. The van der Waals surface area contributed by atoms with Gasteiger partial charge in [-0.05, 0) is 71.9 Å². The molecule has 39 heavy (non-hydrogen) atoms. The molecule has 2 amide bonds. The van der Waals surface area contributed by atoms with E-state index in [9.17, 15) is 9.59 Å². The summed E-state index contributed by atoms with van der Waals surface area (Å²) >= 11 is 0. The van der Waals surface area contributed by atoms with Gasteiger partial charge in [0, 0.05) is 36.0 Å². The highest BCUT2D eigenvalue weighted by Gasteiger charge is 2.55. The third kappa shape index (κ3) is 4.24. The third-order valence-electron chi connectivity index (χ3n) is 8.81. The summed E-state index contributed by atoms with van der Waals surface area (Å²) in [6.07, 6.45) is 4.59. The summed E-state index contributed by atoms with van der Waals surface area (Å²) in [5, 5.41) is 2.70. The number of amides is 2. The first-order chi connectivity index (χ1) is 18.5. The summed E-state index contributed by atoms with van der Waals surface area (Å²) in [4.78, 5) is 32.3. The Balaban J connectivity index is 1.23. The lowest BCUT2D eigenvalue weighted by Gasteiger charge is -2.31. The molecule has 2 aromatic carbocycles. The fraction of sp³-hybridized carbons (Fsp3) is 0.452. The summed E-state index contributed by atoms with van der Waals surface area (Å²) in [6.45, 7) is 6.25. The number of ether oxygens (including phenoxy) is 1. The Morgan fingerprint density at radius 1 is 1.10 bits per heavy atom. The summed E-state index contributed by atoms with van der Waals surface area (Å²) in [6, 6.07) is 9.61. The minimum absolute atomic E-state index is 0.0261. The number of allylic oxidation sites excluding steroid dienone is 1. The molecule has 2 aromatic rings. The molecule has 2 heterocycles. The molecule has 1 saturated carbocycles. The van der Waals surface area contributed by atoms with Crippen LogP contribution in [0.2, 0.25) is 0 Å². The number of aryl methyl sites for hydroxylation is 1. The van der Waals surface area contributed by atoms with E-state index in [0.717, 1.165) is 41.7 Å². The van der Waals surface area contributed by atoms with Gasteiger partial charge in [0.15, 0.2) is 0 Å². The van der Waals surface area contributed by atoms with Crippen molar-refractivity contribution in [3.8, 4) is 11.1 Å². The highest BCUT2D eigenvalue weighted by atomic mass is 19.3. The minimum Gasteiger partial charge on any atom is -0.453 e. The van der Waals surface area contributed by atoms with Crippen LogP contribution in [-0.4, -0.2) is 48.4 Å². The van der Waals surface area contributed by atoms with Gasteiger partial charge in [-0.15, -0.1) is 0 Å². The molecule has 0 bridgehead atoms. The number of hydrogen-bond donors (Lipinski definition) is 1. The third-order valence-corrected chi connectivity index (χ3v) is 8.81. The number of hydrogen-bond acceptors (Lipinski definition) is 4. The normalized spacial score (nSPS) is 22.3. The molecule has 1 spiro atoms. The molecule has 1 saturated heterocycles. The highest BCUT2D eigenvalue weighted by Crippen LogP contribution is 2.56. The number of alkyl carbamates (subject to hydrolysis) is 1. The van der Waals surface area contributed by atoms with Gasteiger partial charge in [-0.1, -0.05) is 43.7 Å². The van der Waals surface area contributed by atoms with Crippen molar-refractivity contribution >= 4 is 23.3 Å². The van der Waals surface area contributed by atoms with Crippen molar-refractivity contribution in [1.82, 2.24) is 10.2 Å². The van der Waals surface area contributed by atoms with Gasteiger partial charge in [0.2, 0.25) is 5.91 Å². The second-order valence-electron chi connectivity index (χ2n) is 11.9. The molecule has 0 aromatic heterocycles. The molecule has 204 valence electrons. The summed E-state index contributed by atoms with van der Waals surface area (Å²) in [5.74, 6) is -3.31. The molecule has 1 unspecified atom stereocenters. The van der Waals surface area contributed by atoms with Crippen LogP contribution in [-0.2, 0) is 15.5 Å². The van der Waals surface area contributed by atoms with Crippen LogP contribution in [0.5, 0.6) is 0 Å². The van der Waals surface area contributed by atoms with E-state index >= 15 is 8.78 Å². The molecular formula is C31H33F2N3O3. The van der Waals surface area contributed by atoms with E-state index in [-0.39, 0.29) is 34.4 Å². The summed E-state index contributed by atoms with van der Waals surface area (Å²) < 4.78 is 35.7. The topological polar surface area (TPSA) is 71.0 Å². The smallest absolute Gasteiger partial charge is 0.407 e. The van der Waals surface area contributed by atoms with Crippen molar-refractivity contribution in [2.24, 2.45) is 16.3 Å². The zero-order chi connectivity index (χ0) is 27.7. The summed E-state index contributed by atoms with van der Waals surface area (Å²) in [7, 11) is 1.28. The van der Waals surface area contributed by atoms with Gasteiger partial charge in [0.1, 0.15) is 6.04 Å². The predicted molar refractivity (Wildman–Crippen MR) is 146 cm³/mol. The van der Waals surface area contributed by atoms with Crippen LogP contribution in [0.15, 0.2) is 47.6 Å². The fourth-order valence-electron chi connectivity index (χ4n) is 6.37. The van der Waals surface area contributed by atoms with Gasteiger partial charge in [-0.25, -0.2) is 4.79 Å². The molecule has 0 radical (unpaired) electrons. The number of methoxy groups -OCH3 is 1. The molecule has 4 aliphatic rings. The first-order valence-corrected chi connectivity index (χ1v) is 13.6. The van der Waals surface area contributed by atoms with Gasteiger partial charge in [-0.3, -0.25) is 9.79 Å². The van der Waals surface area contributed by atoms with Gasteiger partial charge < -0.3 is 15.0 Å². The standard InChI is InChI=1S/C31H33F2N3O3/c1-17(2)27(35-29(38)39-4)28(37)36-16-30(9-10-30)14-26(36)25-13-20(15-34-25)19-6-8-22-21-7-5-18(3)11-23(21)31(32,33)24(22)12-19/h5-8,11-12,15,17,26-27H,9-10,13-14,16H2,1-4H3,(H,35,38)/t26?,27-/m0/s1. The second kappa shape index (κ2) is 9.00. The predicted octanol–water partition coefficient (Wildman–Crippen LogP) is 6.06. The Hall–Kier alpha value is -3.55. The van der Waals surface area contributed by atoms with Crippen LogP contribution >= 0.6 is 0 Å². The molecule has 1 N–H and O–H groups in total. The van der Waals surface area contributed by atoms with Crippen molar-refractivity contribution < 1.29 is 23.1 Å². The first kappa shape index (κ1) is 25.7. The second-order valence-corrected chi connectivity index (χ2v) is 11.9. The maximum atomic E-state index is 15.5. The number of nitrogens with zero attached hydrogens (tertiary/aromatic N) is 2. The average Bonchev–Trinajstić information content (AvgIpc) is 3.23. The van der Waals surface area contributed by atoms with E-state index in [0.29, 0.717) is 24.1 Å². The molecule has 2 aliphatic heterocycles. The zero-order valence-electron chi connectivity index (χ0n) is 22.7. The van der Waals surface area contributed by atoms with Gasteiger partial charge >= 0.3 is 6.09 Å². The fourth-order valence-corrected chi connectivity index (χ4v) is 6.37. The van der Waals surface area contributed by atoms with Crippen molar-refractivity contribution in [3.05, 3.63) is 64.9 Å². The number of benzene rings is 2. The number of likely N-dealkylation sites (tertiary alicyclic amines) is 1. The van der Waals surface area contributed by atoms with Crippen LogP contribution in [0.3, 0.4) is 0 Å². The maximum Gasteiger partial charge on any atom is 0.407 e. The molecular weight excluding hydrogens is 500 g/mol. The lowest BCUT2D eigenvalue weighted by molar-refractivity contribution is -0.134. The number of carbonyl (C=O) groups is 2.